The molecule has 24 heavy (non-hydrogen) atoms. The lowest BCUT2D eigenvalue weighted by Gasteiger charge is -2.22. The normalized spacial score (nSPS) is 19.9. The van der Waals surface area contributed by atoms with Gasteiger partial charge in [0, 0.05) is 19.6 Å². The number of Topliss-reactive ketones (excluding diaryl/α,β-unsaturated/α-hetero) is 1. The standard InChI is InChI=1S/C21H30O3/c1-4-5-7-18-13-20(22)15-24-11-6-10-23-14-19-12-17(16(2)3)8-9-21(18)19/h8-9,12,18H,2,4-7,10-11,13-15H2,1,3H3. The Morgan fingerprint density at radius 2 is 2.00 bits per heavy atom. The van der Waals surface area contributed by atoms with Gasteiger partial charge in [-0.25, -0.2) is 0 Å². The highest BCUT2D eigenvalue weighted by Gasteiger charge is 2.20. The number of hydrogen-bond donors (Lipinski definition) is 0. The molecule has 0 saturated heterocycles. The summed E-state index contributed by atoms with van der Waals surface area (Å²) in [6.07, 6.45) is 4.67. The van der Waals surface area contributed by atoms with Gasteiger partial charge >= 0.3 is 0 Å². The van der Waals surface area contributed by atoms with E-state index in [1.807, 2.05) is 6.92 Å². The Bertz CT molecular complexity index is 562. The summed E-state index contributed by atoms with van der Waals surface area (Å²) in [4.78, 5) is 12.3. The molecule has 1 aromatic carbocycles. The Kier molecular flexibility index (Phi) is 7.67. The number of carbonyl (C=O) groups is 1. The zero-order valence-electron chi connectivity index (χ0n) is 15.1. The van der Waals surface area contributed by atoms with Crippen LogP contribution in [0.25, 0.3) is 5.57 Å². The molecule has 1 unspecified atom stereocenters. The number of fused-ring (bicyclic) bond motifs is 1. The fourth-order valence-electron chi connectivity index (χ4n) is 3.18. The van der Waals surface area contributed by atoms with Gasteiger partial charge in [-0.2, -0.15) is 0 Å². The molecule has 3 heteroatoms. The molecule has 1 aliphatic heterocycles. The molecule has 0 fully saturated rings. The second-order valence-electron chi connectivity index (χ2n) is 6.73. The SMILES string of the molecule is C=C(C)c1ccc2c(c1)COCCCOCC(=O)CC2CCCC. The van der Waals surface area contributed by atoms with Crippen molar-refractivity contribution in [3.63, 3.8) is 0 Å². The van der Waals surface area contributed by atoms with E-state index in [1.165, 1.54) is 11.1 Å². The van der Waals surface area contributed by atoms with E-state index >= 15 is 0 Å². The van der Waals surface area contributed by atoms with Crippen LogP contribution < -0.4 is 0 Å². The van der Waals surface area contributed by atoms with Gasteiger partial charge in [-0.05, 0) is 48.4 Å². The number of unbranched alkanes of at least 4 members (excludes halogenated alkanes) is 1. The first-order valence-electron chi connectivity index (χ1n) is 9.07. The smallest absolute Gasteiger partial charge is 0.159 e. The molecule has 0 aromatic heterocycles. The second kappa shape index (κ2) is 9.75. The quantitative estimate of drug-likeness (QED) is 0.788. The van der Waals surface area contributed by atoms with Crippen LogP contribution in [0, 0.1) is 0 Å². The molecule has 1 atom stereocenters. The molecule has 2 rings (SSSR count). The maximum absolute atomic E-state index is 12.3. The lowest BCUT2D eigenvalue weighted by atomic mass is 9.85. The molecular weight excluding hydrogens is 300 g/mol. The van der Waals surface area contributed by atoms with Gasteiger partial charge < -0.3 is 9.47 Å². The third-order valence-corrected chi connectivity index (χ3v) is 4.55. The van der Waals surface area contributed by atoms with E-state index in [4.69, 9.17) is 9.47 Å². The van der Waals surface area contributed by atoms with Gasteiger partial charge in [-0.15, -0.1) is 0 Å². The maximum Gasteiger partial charge on any atom is 0.159 e. The van der Waals surface area contributed by atoms with Crippen molar-refractivity contribution in [1.29, 1.82) is 0 Å². The molecular formula is C21H30O3. The minimum atomic E-state index is 0.201. The predicted molar refractivity (Wildman–Crippen MR) is 98.1 cm³/mol. The van der Waals surface area contributed by atoms with Crippen molar-refractivity contribution in [3.05, 3.63) is 41.5 Å². The fourth-order valence-corrected chi connectivity index (χ4v) is 3.18. The topological polar surface area (TPSA) is 35.5 Å². The zero-order valence-corrected chi connectivity index (χ0v) is 15.1. The van der Waals surface area contributed by atoms with Crippen LogP contribution in [0.1, 0.15) is 68.6 Å². The van der Waals surface area contributed by atoms with Gasteiger partial charge in [0.2, 0.25) is 0 Å². The van der Waals surface area contributed by atoms with Crippen LogP contribution in [-0.2, 0) is 20.9 Å². The molecule has 0 radical (unpaired) electrons. The van der Waals surface area contributed by atoms with Crippen LogP contribution in [-0.4, -0.2) is 25.6 Å². The number of hydrogen-bond acceptors (Lipinski definition) is 3. The first kappa shape index (κ1) is 18.9. The first-order chi connectivity index (χ1) is 11.6. The summed E-state index contributed by atoms with van der Waals surface area (Å²) in [6.45, 7) is 10.3. The largest absolute Gasteiger partial charge is 0.377 e. The van der Waals surface area contributed by atoms with Gasteiger partial charge in [0.1, 0.15) is 6.61 Å². The van der Waals surface area contributed by atoms with Crippen LogP contribution >= 0.6 is 0 Å². The van der Waals surface area contributed by atoms with E-state index in [0.29, 0.717) is 26.2 Å². The number of allylic oxidation sites excluding steroid dienone is 1. The van der Waals surface area contributed by atoms with Gasteiger partial charge in [0.05, 0.1) is 6.61 Å². The summed E-state index contributed by atoms with van der Waals surface area (Å²) in [5.41, 5.74) is 4.65. The maximum atomic E-state index is 12.3. The van der Waals surface area contributed by atoms with Crippen LogP contribution in [0.5, 0.6) is 0 Å². The number of rotatable bonds is 4. The van der Waals surface area contributed by atoms with E-state index in [1.54, 1.807) is 0 Å². The van der Waals surface area contributed by atoms with E-state index in [-0.39, 0.29) is 18.3 Å². The van der Waals surface area contributed by atoms with Crippen LogP contribution in [0.15, 0.2) is 24.8 Å². The molecule has 0 aliphatic carbocycles. The molecule has 0 amide bonds. The highest BCUT2D eigenvalue weighted by atomic mass is 16.5. The third kappa shape index (κ3) is 5.57. The van der Waals surface area contributed by atoms with Gasteiger partial charge in [0.25, 0.3) is 0 Å². The lowest BCUT2D eigenvalue weighted by Crippen LogP contribution is -2.17. The number of benzene rings is 1. The monoisotopic (exact) mass is 330 g/mol. The molecule has 1 aliphatic rings. The Labute approximate surface area is 146 Å². The molecule has 132 valence electrons. The van der Waals surface area contributed by atoms with E-state index in [2.05, 4.69) is 31.7 Å². The average molecular weight is 330 g/mol. The van der Waals surface area contributed by atoms with Crippen molar-refractivity contribution >= 4 is 11.4 Å². The number of ketones is 1. The Balaban J connectivity index is 2.33. The predicted octanol–water partition coefficient (Wildman–Crippen LogP) is 4.89. The van der Waals surface area contributed by atoms with Crippen molar-refractivity contribution in [1.82, 2.24) is 0 Å². The number of ether oxygens (including phenoxy) is 2. The average Bonchev–Trinajstić information content (AvgIpc) is 2.56. The van der Waals surface area contributed by atoms with E-state index < -0.39 is 0 Å². The minimum absolute atomic E-state index is 0.201. The van der Waals surface area contributed by atoms with Gasteiger partial charge in [-0.3, -0.25) is 4.79 Å². The molecule has 0 N–H and O–H groups in total. The summed E-state index contributed by atoms with van der Waals surface area (Å²) in [6, 6.07) is 6.47. The summed E-state index contributed by atoms with van der Waals surface area (Å²) in [5.74, 6) is 0.450. The zero-order chi connectivity index (χ0) is 17.4. The van der Waals surface area contributed by atoms with E-state index in [0.717, 1.165) is 36.8 Å². The highest BCUT2D eigenvalue weighted by molar-refractivity contribution is 5.80. The Hall–Kier alpha value is -1.45. The molecule has 1 aromatic rings. The van der Waals surface area contributed by atoms with Crippen LogP contribution in [0.4, 0.5) is 0 Å². The fraction of sp³-hybridized carbons (Fsp3) is 0.571. The third-order valence-electron chi connectivity index (χ3n) is 4.55. The first-order valence-corrected chi connectivity index (χ1v) is 9.07. The highest BCUT2D eigenvalue weighted by Crippen LogP contribution is 2.31. The van der Waals surface area contributed by atoms with E-state index in [9.17, 15) is 4.79 Å². The molecule has 0 bridgehead atoms. The Morgan fingerprint density at radius 1 is 1.25 bits per heavy atom. The van der Waals surface area contributed by atoms with Crippen molar-refractivity contribution in [2.45, 2.75) is 58.5 Å². The number of carbonyl (C=O) groups excluding carboxylic acids is 1. The second-order valence-corrected chi connectivity index (χ2v) is 6.73. The van der Waals surface area contributed by atoms with Gasteiger partial charge in [0.15, 0.2) is 5.78 Å². The van der Waals surface area contributed by atoms with Crippen molar-refractivity contribution < 1.29 is 14.3 Å². The molecule has 1 heterocycles. The molecule has 0 saturated carbocycles. The van der Waals surface area contributed by atoms with Crippen LogP contribution in [0.2, 0.25) is 0 Å². The van der Waals surface area contributed by atoms with Gasteiger partial charge in [-0.1, -0.05) is 44.1 Å². The summed E-state index contributed by atoms with van der Waals surface area (Å²) >= 11 is 0. The molecule has 3 nitrogen and oxygen atoms in total. The molecule has 0 spiro atoms. The van der Waals surface area contributed by atoms with Crippen molar-refractivity contribution in [2.75, 3.05) is 19.8 Å². The summed E-state index contributed by atoms with van der Waals surface area (Å²) in [7, 11) is 0. The minimum Gasteiger partial charge on any atom is -0.377 e. The Morgan fingerprint density at radius 3 is 2.71 bits per heavy atom. The van der Waals surface area contributed by atoms with Crippen molar-refractivity contribution in [3.8, 4) is 0 Å². The van der Waals surface area contributed by atoms with Crippen LogP contribution in [0.3, 0.4) is 0 Å². The summed E-state index contributed by atoms with van der Waals surface area (Å²) in [5, 5.41) is 0. The van der Waals surface area contributed by atoms with Crippen molar-refractivity contribution in [2.24, 2.45) is 0 Å². The summed E-state index contributed by atoms with van der Waals surface area (Å²) < 4.78 is 11.3. The lowest BCUT2D eigenvalue weighted by molar-refractivity contribution is -0.124.